The smallest absolute Gasteiger partial charge is 0.387 e. The van der Waals surface area contributed by atoms with Crippen LogP contribution >= 0.6 is 15.9 Å². The highest BCUT2D eigenvalue weighted by molar-refractivity contribution is 9.10. The van der Waals surface area contributed by atoms with Gasteiger partial charge in [0.1, 0.15) is 11.6 Å². The predicted molar refractivity (Wildman–Crippen MR) is 88.1 cm³/mol. The summed E-state index contributed by atoms with van der Waals surface area (Å²) in [6.45, 7) is -2.94. The SMILES string of the molecule is O=C(/C=C/c1cc(Br)ccc1OC(F)F)NCc1ccccc1F. The Bertz CT molecular complexity index is 750. The summed E-state index contributed by atoms with van der Waals surface area (Å²) in [4.78, 5) is 11.8. The molecule has 2 aromatic carbocycles. The van der Waals surface area contributed by atoms with Gasteiger partial charge >= 0.3 is 6.61 Å². The molecule has 126 valence electrons. The molecule has 0 atom stereocenters. The molecule has 0 fully saturated rings. The summed E-state index contributed by atoms with van der Waals surface area (Å²) < 4.78 is 43.2. The van der Waals surface area contributed by atoms with Crippen molar-refractivity contribution in [2.45, 2.75) is 13.2 Å². The number of rotatable bonds is 6. The minimum atomic E-state index is -2.96. The third kappa shape index (κ3) is 5.42. The Hall–Kier alpha value is -2.28. The highest BCUT2D eigenvalue weighted by Crippen LogP contribution is 2.25. The third-order valence-corrected chi connectivity index (χ3v) is 3.51. The molecule has 2 aromatic rings. The van der Waals surface area contributed by atoms with Crippen molar-refractivity contribution in [2.75, 3.05) is 0 Å². The van der Waals surface area contributed by atoms with Crippen LogP contribution in [0, 0.1) is 5.82 Å². The van der Waals surface area contributed by atoms with Crippen molar-refractivity contribution in [3.8, 4) is 5.75 Å². The van der Waals surface area contributed by atoms with Crippen LogP contribution in [-0.4, -0.2) is 12.5 Å². The highest BCUT2D eigenvalue weighted by Gasteiger charge is 2.09. The third-order valence-electron chi connectivity index (χ3n) is 3.01. The van der Waals surface area contributed by atoms with Gasteiger partial charge < -0.3 is 10.1 Å². The van der Waals surface area contributed by atoms with E-state index in [1.54, 1.807) is 30.3 Å². The normalized spacial score (nSPS) is 11.0. The van der Waals surface area contributed by atoms with Crippen LogP contribution in [0.25, 0.3) is 6.08 Å². The topological polar surface area (TPSA) is 38.3 Å². The molecule has 0 aliphatic heterocycles. The lowest BCUT2D eigenvalue weighted by atomic mass is 10.2. The van der Waals surface area contributed by atoms with Crippen molar-refractivity contribution in [2.24, 2.45) is 0 Å². The van der Waals surface area contributed by atoms with E-state index in [1.807, 2.05) is 0 Å². The molecule has 3 nitrogen and oxygen atoms in total. The van der Waals surface area contributed by atoms with Gasteiger partial charge in [-0.25, -0.2) is 4.39 Å². The average molecular weight is 400 g/mol. The van der Waals surface area contributed by atoms with Crippen LogP contribution in [0.2, 0.25) is 0 Å². The molecule has 1 amide bonds. The van der Waals surface area contributed by atoms with Crippen molar-refractivity contribution >= 4 is 27.9 Å². The van der Waals surface area contributed by atoms with E-state index in [9.17, 15) is 18.0 Å². The Morgan fingerprint density at radius 3 is 2.71 bits per heavy atom. The van der Waals surface area contributed by atoms with Gasteiger partial charge in [0, 0.05) is 28.2 Å². The van der Waals surface area contributed by atoms with Crippen LogP contribution in [-0.2, 0) is 11.3 Å². The summed E-state index contributed by atoms with van der Waals surface area (Å²) in [6.07, 6.45) is 2.51. The van der Waals surface area contributed by atoms with Gasteiger partial charge in [-0.15, -0.1) is 0 Å². The zero-order valence-electron chi connectivity index (χ0n) is 12.3. The molecule has 0 saturated carbocycles. The quantitative estimate of drug-likeness (QED) is 0.725. The summed E-state index contributed by atoms with van der Waals surface area (Å²) in [6, 6.07) is 10.5. The lowest BCUT2D eigenvalue weighted by Crippen LogP contribution is -2.20. The first-order valence-electron chi connectivity index (χ1n) is 6.89. The fraction of sp³-hybridized carbons (Fsp3) is 0.118. The zero-order chi connectivity index (χ0) is 17.5. The summed E-state index contributed by atoms with van der Waals surface area (Å²) >= 11 is 3.22. The van der Waals surface area contributed by atoms with E-state index >= 15 is 0 Å². The summed E-state index contributed by atoms with van der Waals surface area (Å²) in [5.41, 5.74) is 0.661. The van der Waals surface area contributed by atoms with Gasteiger partial charge in [-0.3, -0.25) is 4.79 Å². The molecule has 24 heavy (non-hydrogen) atoms. The van der Waals surface area contributed by atoms with Crippen molar-refractivity contribution < 1.29 is 22.7 Å². The van der Waals surface area contributed by atoms with Crippen molar-refractivity contribution in [1.29, 1.82) is 0 Å². The first kappa shape index (κ1) is 18.1. The number of hydrogen-bond acceptors (Lipinski definition) is 2. The fourth-order valence-corrected chi connectivity index (χ4v) is 2.28. The zero-order valence-corrected chi connectivity index (χ0v) is 13.9. The number of benzene rings is 2. The van der Waals surface area contributed by atoms with Gasteiger partial charge in [0.2, 0.25) is 5.91 Å². The molecule has 1 N–H and O–H groups in total. The minimum Gasteiger partial charge on any atom is -0.434 e. The van der Waals surface area contributed by atoms with Crippen LogP contribution in [0.15, 0.2) is 53.0 Å². The molecule has 0 saturated heterocycles. The summed E-state index contributed by atoms with van der Waals surface area (Å²) in [7, 11) is 0. The van der Waals surface area contributed by atoms with Crippen molar-refractivity contribution in [3.63, 3.8) is 0 Å². The van der Waals surface area contributed by atoms with Crippen LogP contribution in [0.5, 0.6) is 5.75 Å². The number of carbonyl (C=O) groups is 1. The number of hydrogen-bond donors (Lipinski definition) is 1. The summed E-state index contributed by atoms with van der Waals surface area (Å²) in [5, 5.41) is 2.52. The molecule has 0 aromatic heterocycles. The monoisotopic (exact) mass is 399 g/mol. The Morgan fingerprint density at radius 2 is 2.00 bits per heavy atom. The first-order chi connectivity index (χ1) is 11.5. The Kier molecular flexibility index (Phi) is 6.43. The van der Waals surface area contributed by atoms with Crippen LogP contribution < -0.4 is 10.1 Å². The number of halogens is 4. The van der Waals surface area contributed by atoms with Crippen molar-refractivity contribution in [1.82, 2.24) is 5.32 Å². The van der Waals surface area contributed by atoms with E-state index in [0.717, 1.165) is 0 Å². The Balaban J connectivity index is 2.03. The molecule has 0 aliphatic carbocycles. The molecule has 0 heterocycles. The molecule has 0 bridgehead atoms. The van der Waals surface area contributed by atoms with Gasteiger partial charge in [0.15, 0.2) is 0 Å². The molecular formula is C17H13BrF3NO2. The second kappa shape index (κ2) is 8.54. The van der Waals surface area contributed by atoms with Gasteiger partial charge in [-0.05, 0) is 30.3 Å². The maximum absolute atomic E-state index is 13.4. The van der Waals surface area contributed by atoms with Crippen LogP contribution in [0.4, 0.5) is 13.2 Å². The molecule has 7 heteroatoms. The fourth-order valence-electron chi connectivity index (χ4n) is 1.90. The first-order valence-corrected chi connectivity index (χ1v) is 7.68. The molecule has 0 aliphatic rings. The van der Waals surface area contributed by atoms with E-state index in [1.165, 1.54) is 24.3 Å². The number of ether oxygens (including phenoxy) is 1. The van der Waals surface area contributed by atoms with Gasteiger partial charge in [-0.1, -0.05) is 34.1 Å². The molecular weight excluding hydrogens is 387 g/mol. The van der Waals surface area contributed by atoms with Crippen molar-refractivity contribution in [3.05, 3.63) is 70.0 Å². The van der Waals surface area contributed by atoms with E-state index < -0.39 is 18.3 Å². The van der Waals surface area contributed by atoms with E-state index in [0.29, 0.717) is 15.6 Å². The number of carbonyl (C=O) groups excluding carboxylic acids is 1. The standard InChI is InChI=1S/C17H13BrF3NO2/c18-13-6-7-15(24-17(20)21)11(9-13)5-8-16(23)22-10-12-3-1-2-4-14(12)19/h1-9,17H,10H2,(H,22,23)/b8-5+. The average Bonchev–Trinajstić information content (AvgIpc) is 2.54. The number of amides is 1. The molecule has 0 radical (unpaired) electrons. The highest BCUT2D eigenvalue weighted by atomic mass is 79.9. The van der Waals surface area contributed by atoms with Crippen LogP contribution in [0.3, 0.4) is 0 Å². The van der Waals surface area contributed by atoms with Gasteiger partial charge in [0.05, 0.1) is 0 Å². The van der Waals surface area contributed by atoms with Crippen LogP contribution in [0.1, 0.15) is 11.1 Å². The molecule has 0 unspecified atom stereocenters. The van der Waals surface area contributed by atoms with Gasteiger partial charge in [-0.2, -0.15) is 8.78 Å². The second-order valence-electron chi connectivity index (χ2n) is 4.70. The lowest BCUT2D eigenvalue weighted by molar-refractivity contribution is -0.116. The molecule has 0 spiro atoms. The van der Waals surface area contributed by atoms with E-state index in [4.69, 9.17) is 0 Å². The Labute approximate surface area is 145 Å². The Morgan fingerprint density at radius 1 is 1.25 bits per heavy atom. The largest absolute Gasteiger partial charge is 0.434 e. The summed E-state index contributed by atoms with van der Waals surface area (Å²) in [5.74, 6) is -0.950. The van der Waals surface area contributed by atoms with E-state index in [2.05, 4.69) is 26.0 Å². The second-order valence-corrected chi connectivity index (χ2v) is 5.62. The number of nitrogens with one attached hydrogen (secondary N) is 1. The lowest BCUT2D eigenvalue weighted by Gasteiger charge is -2.08. The van der Waals surface area contributed by atoms with E-state index in [-0.39, 0.29) is 12.3 Å². The minimum absolute atomic E-state index is 0.0225. The van der Waals surface area contributed by atoms with Gasteiger partial charge in [0.25, 0.3) is 0 Å². The predicted octanol–water partition coefficient (Wildman–Crippen LogP) is 4.52. The maximum Gasteiger partial charge on any atom is 0.387 e. The molecule has 2 rings (SSSR count). The number of alkyl halides is 2. The maximum atomic E-state index is 13.4.